The molecule has 0 fully saturated rings. The third kappa shape index (κ3) is 2.77. The molecule has 1 aromatic rings. The lowest BCUT2D eigenvalue weighted by Gasteiger charge is -2.15. The first-order chi connectivity index (χ1) is 6.19. The van der Waals surface area contributed by atoms with E-state index in [2.05, 4.69) is 31.9 Å². The van der Waals surface area contributed by atoms with Crippen LogP contribution >= 0.6 is 31.9 Å². The molecule has 0 aromatic heterocycles. The highest BCUT2D eigenvalue weighted by molar-refractivity contribution is 9.11. The lowest BCUT2D eigenvalue weighted by molar-refractivity contribution is -0.106. The van der Waals surface area contributed by atoms with Crippen molar-refractivity contribution in [2.24, 2.45) is 0 Å². The van der Waals surface area contributed by atoms with Crippen molar-refractivity contribution < 1.29 is 9.47 Å². The van der Waals surface area contributed by atoms with Crippen LogP contribution in [0, 0.1) is 0 Å². The average molecular weight is 310 g/mol. The number of hydrogen-bond donors (Lipinski definition) is 0. The predicted molar refractivity (Wildman–Crippen MR) is 58.6 cm³/mol. The Kier molecular flexibility index (Phi) is 4.38. The van der Waals surface area contributed by atoms with Gasteiger partial charge >= 0.3 is 0 Å². The summed E-state index contributed by atoms with van der Waals surface area (Å²) in [6, 6.07) is 5.86. The van der Waals surface area contributed by atoms with Crippen LogP contribution in [-0.4, -0.2) is 14.2 Å². The number of rotatable bonds is 3. The van der Waals surface area contributed by atoms with E-state index in [1.165, 1.54) is 0 Å². The molecular weight excluding hydrogens is 300 g/mol. The fraction of sp³-hybridized carbons (Fsp3) is 0.333. The minimum atomic E-state index is -0.317. The quantitative estimate of drug-likeness (QED) is 0.796. The van der Waals surface area contributed by atoms with Gasteiger partial charge in [-0.25, -0.2) is 0 Å². The number of ether oxygens (including phenoxy) is 2. The highest BCUT2D eigenvalue weighted by atomic mass is 79.9. The van der Waals surface area contributed by atoms with Crippen LogP contribution in [0.3, 0.4) is 0 Å². The first kappa shape index (κ1) is 11.2. The number of methoxy groups -OCH3 is 2. The van der Waals surface area contributed by atoms with E-state index >= 15 is 0 Å². The highest BCUT2D eigenvalue weighted by Gasteiger charge is 2.12. The molecule has 0 bridgehead atoms. The average Bonchev–Trinajstić information content (AvgIpc) is 2.10. The molecular formula is C9H10Br2O2. The number of benzene rings is 1. The zero-order valence-corrected chi connectivity index (χ0v) is 10.6. The van der Waals surface area contributed by atoms with Crippen LogP contribution < -0.4 is 0 Å². The summed E-state index contributed by atoms with van der Waals surface area (Å²) in [4.78, 5) is 0. The first-order valence-corrected chi connectivity index (χ1v) is 5.28. The molecule has 4 heteroatoms. The van der Waals surface area contributed by atoms with Crippen molar-refractivity contribution in [1.29, 1.82) is 0 Å². The van der Waals surface area contributed by atoms with E-state index < -0.39 is 0 Å². The van der Waals surface area contributed by atoms with E-state index in [1.54, 1.807) is 14.2 Å². The Morgan fingerprint density at radius 2 is 1.77 bits per heavy atom. The molecule has 0 radical (unpaired) electrons. The van der Waals surface area contributed by atoms with E-state index in [-0.39, 0.29) is 6.29 Å². The second-order valence-corrected chi connectivity index (χ2v) is 4.24. The van der Waals surface area contributed by atoms with Gasteiger partial charge in [0.25, 0.3) is 0 Å². The highest BCUT2D eigenvalue weighted by Crippen LogP contribution is 2.28. The molecule has 0 saturated carbocycles. The summed E-state index contributed by atoms with van der Waals surface area (Å²) in [7, 11) is 3.23. The van der Waals surface area contributed by atoms with Crippen molar-refractivity contribution in [1.82, 2.24) is 0 Å². The van der Waals surface area contributed by atoms with Crippen LogP contribution in [-0.2, 0) is 9.47 Å². The molecule has 0 aliphatic heterocycles. The standard InChI is InChI=1S/C9H10Br2O2/c1-12-9(13-2)7-4-3-6(10)5-8(7)11/h3-5,9H,1-2H3. The third-order valence-electron chi connectivity index (χ3n) is 1.64. The molecule has 0 atom stereocenters. The minimum Gasteiger partial charge on any atom is -0.352 e. The molecule has 0 aliphatic carbocycles. The molecule has 13 heavy (non-hydrogen) atoms. The Balaban J connectivity index is 2.99. The van der Waals surface area contributed by atoms with Gasteiger partial charge in [-0.3, -0.25) is 0 Å². The van der Waals surface area contributed by atoms with Crippen molar-refractivity contribution >= 4 is 31.9 Å². The van der Waals surface area contributed by atoms with Gasteiger partial charge in [0.1, 0.15) is 0 Å². The van der Waals surface area contributed by atoms with Gasteiger partial charge in [-0.05, 0) is 12.1 Å². The lowest BCUT2D eigenvalue weighted by Crippen LogP contribution is -2.04. The van der Waals surface area contributed by atoms with Gasteiger partial charge in [0.05, 0.1) is 0 Å². The summed E-state index contributed by atoms with van der Waals surface area (Å²) >= 11 is 6.82. The van der Waals surface area contributed by atoms with Gasteiger partial charge in [-0.1, -0.05) is 37.9 Å². The zero-order valence-electron chi connectivity index (χ0n) is 7.38. The second kappa shape index (κ2) is 5.10. The van der Waals surface area contributed by atoms with Crippen molar-refractivity contribution in [3.63, 3.8) is 0 Å². The summed E-state index contributed by atoms with van der Waals surface area (Å²) in [5.41, 5.74) is 0.980. The fourth-order valence-electron chi connectivity index (χ4n) is 1.04. The van der Waals surface area contributed by atoms with Gasteiger partial charge in [0.15, 0.2) is 6.29 Å². The van der Waals surface area contributed by atoms with Crippen LogP contribution in [0.1, 0.15) is 11.9 Å². The monoisotopic (exact) mass is 308 g/mol. The molecule has 72 valence electrons. The topological polar surface area (TPSA) is 18.5 Å². The smallest absolute Gasteiger partial charge is 0.184 e. The summed E-state index contributed by atoms with van der Waals surface area (Å²) in [5.74, 6) is 0. The predicted octanol–water partition coefficient (Wildman–Crippen LogP) is 3.50. The summed E-state index contributed by atoms with van der Waals surface area (Å²) in [6.07, 6.45) is -0.317. The molecule has 1 aromatic carbocycles. The fourth-order valence-corrected chi connectivity index (χ4v) is 2.28. The van der Waals surface area contributed by atoms with Gasteiger partial charge in [0.2, 0.25) is 0 Å². The zero-order chi connectivity index (χ0) is 9.84. The molecule has 1 rings (SSSR count). The molecule has 0 unspecified atom stereocenters. The van der Waals surface area contributed by atoms with Crippen molar-refractivity contribution in [3.8, 4) is 0 Å². The summed E-state index contributed by atoms with van der Waals surface area (Å²) in [6.45, 7) is 0. The normalized spacial score (nSPS) is 10.8. The molecule has 0 amide bonds. The molecule has 0 N–H and O–H groups in total. The van der Waals surface area contributed by atoms with Gasteiger partial charge in [0, 0.05) is 28.7 Å². The SMILES string of the molecule is COC(OC)c1ccc(Br)cc1Br. The Bertz CT molecular complexity index is 285. The molecule has 0 aliphatic rings. The lowest BCUT2D eigenvalue weighted by atomic mass is 10.2. The molecule has 0 saturated heterocycles. The Labute approximate surface area is 94.5 Å². The summed E-state index contributed by atoms with van der Waals surface area (Å²) < 4.78 is 12.3. The maximum absolute atomic E-state index is 5.14. The number of halogens is 2. The van der Waals surface area contributed by atoms with Crippen LogP contribution in [0.25, 0.3) is 0 Å². The second-order valence-electron chi connectivity index (χ2n) is 2.47. The Hall–Kier alpha value is 0.1000. The van der Waals surface area contributed by atoms with Crippen LogP contribution in [0.15, 0.2) is 27.1 Å². The third-order valence-corrected chi connectivity index (χ3v) is 2.82. The Morgan fingerprint density at radius 1 is 1.15 bits per heavy atom. The van der Waals surface area contributed by atoms with Gasteiger partial charge < -0.3 is 9.47 Å². The Morgan fingerprint density at radius 3 is 2.23 bits per heavy atom. The molecule has 0 heterocycles. The van der Waals surface area contributed by atoms with E-state index in [0.717, 1.165) is 14.5 Å². The summed E-state index contributed by atoms with van der Waals surface area (Å²) in [5, 5.41) is 0. The van der Waals surface area contributed by atoms with E-state index in [1.807, 2.05) is 18.2 Å². The van der Waals surface area contributed by atoms with Crippen molar-refractivity contribution in [2.75, 3.05) is 14.2 Å². The van der Waals surface area contributed by atoms with Crippen molar-refractivity contribution in [3.05, 3.63) is 32.7 Å². The van der Waals surface area contributed by atoms with Gasteiger partial charge in [-0.15, -0.1) is 0 Å². The van der Waals surface area contributed by atoms with E-state index in [0.29, 0.717) is 0 Å². The number of hydrogen-bond acceptors (Lipinski definition) is 2. The molecule has 0 spiro atoms. The van der Waals surface area contributed by atoms with Gasteiger partial charge in [-0.2, -0.15) is 0 Å². The van der Waals surface area contributed by atoms with Crippen LogP contribution in [0.4, 0.5) is 0 Å². The largest absolute Gasteiger partial charge is 0.352 e. The first-order valence-electron chi connectivity index (χ1n) is 3.69. The molecule has 2 nitrogen and oxygen atoms in total. The minimum absolute atomic E-state index is 0.317. The maximum Gasteiger partial charge on any atom is 0.184 e. The van der Waals surface area contributed by atoms with E-state index in [4.69, 9.17) is 9.47 Å². The maximum atomic E-state index is 5.14. The van der Waals surface area contributed by atoms with Crippen LogP contribution in [0.5, 0.6) is 0 Å². The van der Waals surface area contributed by atoms with E-state index in [9.17, 15) is 0 Å². The van der Waals surface area contributed by atoms with Crippen LogP contribution in [0.2, 0.25) is 0 Å². The van der Waals surface area contributed by atoms with Crippen molar-refractivity contribution in [2.45, 2.75) is 6.29 Å².